The predicted molar refractivity (Wildman–Crippen MR) is 108 cm³/mol. The van der Waals surface area contributed by atoms with E-state index in [1.165, 1.54) is 12.1 Å². The fourth-order valence-electron chi connectivity index (χ4n) is 3.91. The lowest BCUT2D eigenvalue weighted by atomic mass is 10.0. The molecule has 0 saturated carbocycles. The molecule has 3 nitrogen and oxygen atoms in total. The number of carbonyl (C=O) groups is 1. The lowest BCUT2D eigenvalue weighted by Crippen LogP contribution is -2.40. The van der Waals surface area contributed by atoms with Gasteiger partial charge in [-0.25, -0.2) is 0 Å². The van der Waals surface area contributed by atoms with Gasteiger partial charge in [0.2, 0.25) is 0 Å². The zero-order chi connectivity index (χ0) is 21.0. The molecule has 1 saturated heterocycles. The highest BCUT2D eigenvalue weighted by molar-refractivity contribution is 6.34. The molecule has 0 radical (unpaired) electrons. The molecule has 29 heavy (non-hydrogen) atoms. The van der Waals surface area contributed by atoms with Gasteiger partial charge in [0.05, 0.1) is 22.2 Å². The summed E-state index contributed by atoms with van der Waals surface area (Å²) >= 11 is 5.94. The highest BCUT2D eigenvalue weighted by Gasteiger charge is 2.35. The van der Waals surface area contributed by atoms with Crippen LogP contribution in [0.15, 0.2) is 48.5 Å². The van der Waals surface area contributed by atoms with Crippen molar-refractivity contribution in [2.75, 3.05) is 13.1 Å². The molecule has 3 rings (SSSR count). The first-order chi connectivity index (χ1) is 13.8. The Morgan fingerprint density at radius 1 is 1.21 bits per heavy atom. The van der Waals surface area contributed by atoms with Gasteiger partial charge in [0, 0.05) is 12.6 Å². The molecule has 2 aromatic rings. The SMILES string of the molecule is CCC1CCCN1C[C@@H](NC(=O)c1cccc(C(F)(F)F)c1Cl)c1ccccc1. The summed E-state index contributed by atoms with van der Waals surface area (Å²) in [6.07, 6.45) is -1.37. The number of benzene rings is 2. The van der Waals surface area contributed by atoms with Gasteiger partial charge in [0.1, 0.15) is 0 Å². The van der Waals surface area contributed by atoms with E-state index < -0.39 is 22.7 Å². The monoisotopic (exact) mass is 424 g/mol. The van der Waals surface area contributed by atoms with E-state index >= 15 is 0 Å². The lowest BCUT2D eigenvalue weighted by molar-refractivity contribution is -0.137. The normalized spacial score (nSPS) is 18.6. The van der Waals surface area contributed by atoms with E-state index in [9.17, 15) is 18.0 Å². The predicted octanol–water partition coefficient (Wildman–Crippen LogP) is 5.70. The fourth-order valence-corrected chi connectivity index (χ4v) is 4.23. The molecule has 0 aliphatic carbocycles. The van der Waals surface area contributed by atoms with Gasteiger partial charge in [-0.1, -0.05) is 54.9 Å². The summed E-state index contributed by atoms with van der Waals surface area (Å²) in [7, 11) is 0. The van der Waals surface area contributed by atoms with Crippen molar-refractivity contribution in [3.63, 3.8) is 0 Å². The number of hydrogen-bond donors (Lipinski definition) is 1. The third-order valence-corrected chi connectivity index (χ3v) is 5.85. The van der Waals surface area contributed by atoms with Crippen LogP contribution in [0.2, 0.25) is 5.02 Å². The van der Waals surface area contributed by atoms with Crippen molar-refractivity contribution in [1.82, 2.24) is 10.2 Å². The molecule has 1 unspecified atom stereocenters. The van der Waals surface area contributed by atoms with Crippen LogP contribution in [0.3, 0.4) is 0 Å². The number of carbonyl (C=O) groups excluding carboxylic acids is 1. The van der Waals surface area contributed by atoms with Crippen LogP contribution in [-0.4, -0.2) is 29.9 Å². The molecule has 1 fully saturated rings. The van der Waals surface area contributed by atoms with Crippen molar-refractivity contribution in [1.29, 1.82) is 0 Å². The maximum Gasteiger partial charge on any atom is 0.417 e. The largest absolute Gasteiger partial charge is 0.417 e. The number of nitrogens with one attached hydrogen (secondary N) is 1. The molecule has 1 aliphatic heterocycles. The quantitative estimate of drug-likeness (QED) is 0.644. The summed E-state index contributed by atoms with van der Waals surface area (Å²) < 4.78 is 39.4. The van der Waals surface area contributed by atoms with Crippen LogP contribution in [0.4, 0.5) is 13.2 Å². The first-order valence-electron chi connectivity index (χ1n) is 9.76. The molecule has 1 aliphatic rings. The first kappa shape index (κ1) is 21.7. The van der Waals surface area contributed by atoms with Crippen LogP contribution >= 0.6 is 11.6 Å². The van der Waals surface area contributed by atoms with E-state index in [2.05, 4.69) is 17.1 Å². The van der Waals surface area contributed by atoms with Crippen LogP contribution in [0.5, 0.6) is 0 Å². The topological polar surface area (TPSA) is 32.3 Å². The second-order valence-electron chi connectivity index (χ2n) is 7.30. The minimum Gasteiger partial charge on any atom is -0.344 e. The van der Waals surface area contributed by atoms with Crippen molar-refractivity contribution in [3.05, 3.63) is 70.2 Å². The average molecular weight is 425 g/mol. The Kier molecular flexibility index (Phi) is 6.85. The Morgan fingerprint density at radius 3 is 2.59 bits per heavy atom. The number of likely N-dealkylation sites (tertiary alicyclic amines) is 1. The summed E-state index contributed by atoms with van der Waals surface area (Å²) in [6, 6.07) is 13.0. The van der Waals surface area contributed by atoms with Crippen LogP contribution in [0, 0.1) is 0 Å². The fraction of sp³-hybridized carbons (Fsp3) is 0.409. The first-order valence-corrected chi connectivity index (χ1v) is 10.1. The van der Waals surface area contributed by atoms with E-state index in [1.54, 1.807) is 0 Å². The van der Waals surface area contributed by atoms with Gasteiger partial charge < -0.3 is 5.32 Å². The number of rotatable bonds is 6. The Hall–Kier alpha value is -2.05. The van der Waals surface area contributed by atoms with Gasteiger partial charge >= 0.3 is 6.18 Å². The smallest absolute Gasteiger partial charge is 0.344 e. The standard InChI is InChI=1S/C22H24ClF3N2O/c1-2-16-10-7-13-28(16)14-19(15-8-4-3-5-9-15)27-21(29)17-11-6-12-18(20(17)23)22(24,25)26/h3-6,8-9,11-12,16,19H,2,7,10,13-14H2,1H3,(H,27,29)/t16?,19-/m1/s1. The highest BCUT2D eigenvalue weighted by Crippen LogP contribution is 2.36. The van der Waals surface area contributed by atoms with E-state index in [0.29, 0.717) is 12.6 Å². The van der Waals surface area contributed by atoms with Gasteiger partial charge in [-0.15, -0.1) is 0 Å². The van der Waals surface area contributed by atoms with Crippen LogP contribution < -0.4 is 5.32 Å². The minimum atomic E-state index is -4.61. The van der Waals surface area contributed by atoms with Crippen molar-refractivity contribution < 1.29 is 18.0 Å². The van der Waals surface area contributed by atoms with Crippen molar-refractivity contribution in [3.8, 4) is 0 Å². The maximum absolute atomic E-state index is 13.1. The van der Waals surface area contributed by atoms with Crippen molar-refractivity contribution in [2.45, 2.75) is 44.4 Å². The van der Waals surface area contributed by atoms with E-state index in [-0.39, 0.29) is 11.6 Å². The second kappa shape index (κ2) is 9.18. The summed E-state index contributed by atoms with van der Waals surface area (Å²) in [5, 5.41) is 2.34. The Morgan fingerprint density at radius 2 is 1.93 bits per heavy atom. The van der Waals surface area contributed by atoms with Gasteiger partial charge in [-0.2, -0.15) is 13.2 Å². The Bertz CT molecular complexity index is 842. The molecule has 2 aromatic carbocycles. The highest BCUT2D eigenvalue weighted by atomic mass is 35.5. The Balaban J connectivity index is 1.85. The number of halogens is 4. The zero-order valence-electron chi connectivity index (χ0n) is 16.2. The molecular weight excluding hydrogens is 401 g/mol. The molecule has 156 valence electrons. The van der Waals surface area contributed by atoms with Gasteiger partial charge in [-0.05, 0) is 43.5 Å². The van der Waals surface area contributed by atoms with Crippen LogP contribution in [-0.2, 0) is 6.18 Å². The average Bonchev–Trinajstić information content (AvgIpc) is 3.14. The molecule has 0 aromatic heterocycles. The molecular formula is C22H24ClF3N2O. The van der Waals surface area contributed by atoms with Crippen LogP contribution in [0.25, 0.3) is 0 Å². The van der Waals surface area contributed by atoms with Crippen LogP contribution in [0.1, 0.15) is 53.7 Å². The zero-order valence-corrected chi connectivity index (χ0v) is 16.9. The molecule has 1 amide bonds. The maximum atomic E-state index is 13.1. The van der Waals surface area contributed by atoms with E-state index in [4.69, 9.17) is 11.6 Å². The number of hydrogen-bond acceptors (Lipinski definition) is 2. The van der Waals surface area contributed by atoms with Gasteiger partial charge in [0.15, 0.2) is 0 Å². The lowest BCUT2D eigenvalue weighted by Gasteiger charge is -2.29. The minimum absolute atomic E-state index is 0.170. The molecule has 1 heterocycles. The summed E-state index contributed by atoms with van der Waals surface area (Å²) in [4.78, 5) is 15.2. The van der Waals surface area contributed by atoms with Gasteiger partial charge in [0.25, 0.3) is 5.91 Å². The Labute approximate surface area is 173 Å². The van der Waals surface area contributed by atoms with E-state index in [0.717, 1.165) is 37.4 Å². The number of alkyl halides is 3. The molecule has 2 atom stereocenters. The number of nitrogens with zero attached hydrogens (tertiary/aromatic N) is 1. The van der Waals surface area contributed by atoms with Crippen molar-refractivity contribution >= 4 is 17.5 Å². The molecule has 1 N–H and O–H groups in total. The molecule has 0 spiro atoms. The summed E-state index contributed by atoms with van der Waals surface area (Å²) in [6.45, 7) is 3.69. The van der Waals surface area contributed by atoms with Crippen molar-refractivity contribution in [2.24, 2.45) is 0 Å². The summed E-state index contributed by atoms with van der Waals surface area (Å²) in [5.41, 5.74) is -0.268. The van der Waals surface area contributed by atoms with Gasteiger partial charge in [-0.3, -0.25) is 9.69 Å². The molecule has 7 heteroatoms. The van der Waals surface area contributed by atoms with E-state index in [1.807, 2.05) is 30.3 Å². The third-order valence-electron chi connectivity index (χ3n) is 5.44. The summed E-state index contributed by atoms with van der Waals surface area (Å²) in [5.74, 6) is -0.609. The second-order valence-corrected chi connectivity index (χ2v) is 7.68. The number of amides is 1. The third kappa shape index (κ3) is 5.11. The molecule has 0 bridgehead atoms.